The number of hydrogen-bond donors (Lipinski definition) is 3. The van der Waals surface area contributed by atoms with E-state index < -0.39 is 6.10 Å². The Kier molecular flexibility index (Phi) is 3.38. The summed E-state index contributed by atoms with van der Waals surface area (Å²) in [6.45, 7) is 2.96. The molecule has 0 fully saturated rings. The van der Waals surface area contributed by atoms with Crippen LogP contribution in [0.5, 0.6) is 0 Å². The molecule has 2 rings (SSSR count). The van der Waals surface area contributed by atoms with Crippen molar-refractivity contribution in [1.29, 1.82) is 0 Å². The van der Waals surface area contributed by atoms with E-state index in [4.69, 9.17) is 4.42 Å². The van der Waals surface area contributed by atoms with E-state index in [0.717, 1.165) is 11.5 Å². The van der Waals surface area contributed by atoms with Crippen LogP contribution in [0.4, 0.5) is 0 Å². The Bertz CT molecular complexity index is 422. The largest absolute Gasteiger partial charge is 0.464 e. The fraction of sp³-hybridized carbons (Fsp3) is 0.364. The summed E-state index contributed by atoms with van der Waals surface area (Å²) in [4.78, 5) is 6.88. The van der Waals surface area contributed by atoms with Gasteiger partial charge >= 0.3 is 0 Å². The molecule has 0 aliphatic rings. The highest BCUT2D eigenvalue weighted by atomic mass is 16.4. The first-order valence-electron chi connectivity index (χ1n) is 5.18. The smallest absolute Gasteiger partial charge is 0.133 e. The maximum absolute atomic E-state index is 9.78. The maximum Gasteiger partial charge on any atom is 0.133 e. The molecule has 16 heavy (non-hydrogen) atoms. The lowest BCUT2D eigenvalue weighted by molar-refractivity contribution is 0.145. The van der Waals surface area contributed by atoms with Crippen LogP contribution in [0, 0.1) is 6.92 Å². The van der Waals surface area contributed by atoms with Crippen LogP contribution in [0.15, 0.2) is 29.1 Å². The third-order valence-electron chi connectivity index (χ3n) is 2.30. The van der Waals surface area contributed by atoms with E-state index in [2.05, 4.69) is 15.3 Å². The molecule has 3 N–H and O–H groups in total. The van der Waals surface area contributed by atoms with E-state index in [9.17, 15) is 5.11 Å². The van der Waals surface area contributed by atoms with Crippen LogP contribution in [-0.2, 0) is 6.54 Å². The average Bonchev–Trinajstić information content (AvgIpc) is 2.89. The number of aromatic amines is 1. The second-order valence-electron chi connectivity index (χ2n) is 3.67. The molecule has 2 aromatic rings. The normalized spacial score (nSPS) is 12.9. The zero-order valence-electron chi connectivity index (χ0n) is 9.10. The highest BCUT2D eigenvalue weighted by Crippen LogP contribution is 2.15. The van der Waals surface area contributed by atoms with Crippen molar-refractivity contribution in [2.75, 3.05) is 6.54 Å². The molecule has 0 spiro atoms. The summed E-state index contributed by atoms with van der Waals surface area (Å²) < 4.78 is 5.32. The summed E-state index contributed by atoms with van der Waals surface area (Å²) in [6.07, 6.45) is 2.76. The second kappa shape index (κ2) is 4.96. The van der Waals surface area contributed by atoms with Gasteiger partial charge in [-0.2, -0.15) is 0 Å². The van der Waals surface area contributed by atoms with Gasteiger partial charge in [-0.05, 0) is 19.1 Å². The number of aliphatic hydroxyl groups excluding tert-OH is 1. The molecule has 1 unspecified atom stereocenters. The number of imidazole rings is 1. The Hall–Kier alpha value is -1.59. The Morgan fingerprint density at radius 1 is 1.56 bits per heavy atom. The number of aromatic nitrogens is 2. The van der Waals surface area contributed by atoms with Gasteiger partial charge in [0.15, 0.2) is 0 Å². The molecular weight excluding hydrogens is 206 g/mol. The highest BCUT2D eigenvalue weighted by Gasteiger charge is 2.10. The van der Waals surface area contributed by atoms with Crippen molar-refractivity contribution < 1.29 is 9.52 Å². The lowest BCUT2D eigenvalue weighted by Crippen LogP contribution is -2.20. The molecular formula is C11H15N3O2. The molecule has 5 nitrogen and oxygen atoms in total. The Morgan fingerprint density at radius 2 is 2.44 bits per heavy atom. The molecule has 0 saturated heterocycles. The van der Waals surface area contributed by atoms with Gasteiger partial charge in [0.25, 0.3) is 0 Å². The van der Waals surface area contributed by atoms with Gasteiger partial charge < -0.3 is 19.8 Å². The van der Waals surface area contributed by atoms with Crippen LogP contribution in [-0.4, -0.2) is 21.6 Å². The standard InChI is InChI=1S/C11H15N3O2/c1-8-2-3-11(16-8)10(15)6-12-4-9-5-13-7-14-9/h2-3,5,7,10,12,15H,4,6H2,1H3,(H,13,14). The van der Waals surface area contributed by atoms with Crippen molar-refractivity contribution in [3.05, 3.63) is 41.9 Å². The van der Waals surface area contributed by atoms with Crippen molar-refractivity contribution >= 4 is 0 Å². The molecule has 0 saturated carbocycles. The van der Waals surface area contributed by atoms with Crippen molar-refractivity contribution in [3.63, 3.8) is 0 Å². The third kappa shape index (κ3) is 2.71. The first-order valence-corrected chi connectivity index (χ1v) is 5.18. The van der Waals surface area contributed by atoms with Gasteiger partial charge in [0, 0.05) is 25.0 Å². The molecule has 0 bridgehead atoms. The van der Waals surface area contributed by atoms with E-state index in [1.165, 1.54) is 0 Å². The summed E-state index contributed by atoms with van der Waals surface area (Å²) in [6, 6.07) is 3.63. The van der Waals surface area contributed by atoms with Crippen LogP contribution < -0.4 is 5.32 Å². The average molecular weight is 221 g/mol. The monoisotopic (exact) mass is 221 g/mol. The highest BCUT2D eigenvalue weighted by molar-refractivity contribution is 5.08. The van der Waals surface area contributed by atoms with E-state index in [-0.39, 0.29) is 0 Å². The zero-order chi connectivity index (χ0) is 11.4. The topological polar surface area (TPSA) is 74.1 Å². The quantitative estimate of drug-likeness (QED) is 0.707. The number of rotatable bonds is 5. The summed E-state index contributed by atoms with van der Waals surface area (Å²) in [7, 11) is 0. The van der Waals surface area contributed by atoms with Crippen molar-refractivity contribution in [2.24, 2.45) is 0 Å². The lowest BCUT2D eigenvalue weighted by Gasteiger charge is -2.08. The van der Waals surface area contributed by atoms with Gasteiger partial charge in [-0.1, -0.05) is 0 Å². The van der Waals surface area contributed by atoms with Crippen LogP contribution in [0.25, 0.3) is 0 Å². The second-order valence-corrected chi connectivity index (χ2v) is 3.67. The summed E-state index contributed by atoms with van der Waals surface area (Å²) in [5.74, 6) is 1.40. The van der Waals surface area contributed by atoms with Crippen molar-refractivity contribution in [3.8, 4) is 0 Å². The first-order chi connectivity index (χ1) is 7.75. The summed E-state index contributed by atoms with van der Waals surface area (Å²) in [5.41, 5.74) is 0.989. The van der Waals surface area contributed by atoms with Gasteiger partial charge in [0.05, 0.1) is 6.33 Å². The molecule has 1 atom stereocenters. The van der Waals surface area contributed by atoms with E-state index in [0.29, 0.717) is 18.8 Å². The lowest BCUT2D eigenvalue weighted by atomic mass is 10.2. The number of H-pyrrole nitrogens is 1. The molecule has 2 aromatic heterocycles. The van der Waals surface area contributed by atoms with Gasteiger partial charge in [-0.15, -0.1) is 0 Å². The molecule has 0 amide bonds. The minimum atomic E-state index is -0.614. The van der Waals surface area contributed by atoms with Crippen LogP contribution in [0.3, 0.4) is 0 Å². The van der Waals surface area contributed by atoms with Crippen molar-refractivity contribution in [1.82, 2.24) is 15.3 Å². The van der Waals surface area contributed by atoms with Gasteiger partial charge in [-0.3, -0.25) is 0 Å². The van der Waals surface area contributed by atoms with E-state index >= 15 is 0 Å². The van der Waals surface area contributed by atoms with Gasteiger partial charge in [0.1, 0.15) is 17.6 Å². The Morgan fingerprint density at radius 3 is 3.06 bits per heavy atom. The number of nitrogens with one attached hydrogen (secondary N) is 2. The fourth-order valence-electron chi connectivity index (χ4n) is 1.46. The number of nitrogens with zero attached hydrogens (tertiary/aromatic N) is 1. The van der Waals surface area contributed by atoms with Crippen LogP contribution in [0.1, 0.15) is 23.3 Å². The molecule has 2 heterocycles. The minimum absolute atomic E-state index is 0.450. The SMILES string of the molecule is Cc1ccc(C(O)CNCc2cnc[nH]2)o1. The molecule has 0 aliphatic carbocycles. The maximum atomic E-state index is 9.78. The molecule has 86 valence electrons. The summed E-state index contributed by atoms with van der Waals surface area (Å²) >= 11 is 0. The number of hydrogen-bond acceptors (Lipinski definition) is 4. The zero-order valence-corrected chi connectivity index (χ0v) is 9.10. The third-order valence-corrected chi connectivity index (χ3v) is 2.30. The summed E-state index contributed by atoms with van der Waals surface area (Å²) in [5, 5.41) is 12.9. The predicted molar refractivity (Wildman–Crippen MR) is 58.7 cm³/mol. The molecule has 0 aliphatic heterocycles. The first kappa shape index (κ1) is 10.9. The Labute approximate surface area is 93.5 Å². The van der Waals surface area contributed by atoms with Crippen LogP contribution in [0.2, 0.25) is 0 Å². The van der Waals surface area contributed by atoms with Crippen LogP contribution >= 0.6 is 0 Å². The Balaban J connectivity index is 1.78. The number of aryl methyl sites for hydroxylation is 1. The number of aliphatic hydroxyl groups is 1. The minimum Gasteiger partial charge on any atom is -0.464 e. The van der Waals surface area contributed by atoms with E-state index in [1.807, 2.05) is 13.0 Å². The van der Waals surface area contributed by atoms with Gasteiger partial charge in [-0.25, -0.2) is 4.98 Å². The van der Waals surface area contributed by atoms with Gasteiger partial charge in [0.2, 0.25) is 0 Å². The number of furan rings is 1. The van der Waals surface area contributed by atoms with Crippen molar-refractivity contribution in [2.45, 2.75) is 19.6 Å². The fourth-order valence-corrected chi connectivity index (χ4v) is 1.46. The molecule has 0 aromatic carbocycles. The molecule has 5 heteroatoms. The van der Waals surface area contributed by atoms with E-state index in [1.54, 1.807) is 18.6 Å². The predicted octanol–water partition coefficient (Wildman–Crippen LogP) is 1.13. The molecule has 0 radical (unpaired) electrons.